The van der Waals surface area contributed by atoms with Crippen LogP contribution in [0, 0.1) is 3.70 Å². The Bertz CT molecular complexity index is 1060. The van der Waals surface area contributed by atoms with Crippen molar-refractivity contribution in [3.63, 3.8) is 0 Å². The van der Waals surface area contributed by atoms with Crippen molar-refractivity contribution in [1.82, 2.24) is 20.3 Å². The molecular formula is C26H25IN4OP+. The van der Waals surface area contributed by atoms with Gasteiger partial charge in [-0.2, -0.15) is 0 Å². The van der Waals surface area contributed by atoms with E-state index in [2.05, 4.69) is 105 Å². The van der Waals surface area contributed by atoms with Crippen molar-refractivity contribution in [2.45, 2.75) is 12.8 Å². The van der Waals surface area contributed by atoms with Gasteiger partial charge in [0.15, 0.2) is 5.44 Å². The fourth-order valence-electron chi connectivity index (χ4n) is 3.95. The second kappa shape index (κ2) is 11.4. The Hall–Kier alpha value is -2.70. The van der Waals surface area contributed by atoms with Gasteiger partial charge in [-0.25, -0.2) is 15.0 Å². The number of nitrogens with one attached hydrogen (secondary N) is 1. The number of hydrogen-bond acceptors (Lipinski definition) is 4. The summed E-state index contributed by atoms with van der Waals surface area (Å²) in [7, 11) is -1.96. The van der Waals surface area contributed by atoms with Crippen molar-refractivity contribution in [3.8, 4) is 0 Å². The molecule has 4 rings (SSSR count). The lowest BCUT2D eigenvalue weighted by atomic mass is 10.2. The number of benzene rings is 2. The van der Waals surface area contributed by atoms with E-state index in [9.17, 15) is 4.79 Å². The van der Waals surface area contributed by atoms with E-state index in [0.717, 1.165) is 28.1 Å². The molecule has 0 atom stereocenters. The van der Waals surface area contributed by atoms with Gasteiger partial charge < -0.3 is 5.32 Å². The van der Waals surface area contributed by atoms with E-state index in [0.29, 0.717) is 12.1 Å². The molecule has 2 aromatic heterocycles. The Balaban J connectivity index is 1.53. The monoisotopic (exact) mass is 571 g/mol. The Morgan fingerprint density at radius 1 is 0.848 bits per heavy atom. The maximum Gasteiger partial charge on any atom is 0.252 e. The molecule has 1 N–H and O–H groups in total. The highest BCUT2D eigenvalue weighted by Crippen LogP contribution is 2.55. The van der Waals surface area contributed by atoms with E-state index in [1.807, 2.05) is 12.3 Å². The molecule has 0 unspecified atom stereocenters. The molecule has 1 amide bonds. The molecule has 5 nitrogen and oxygen atoms in total. The number of carbonyl (C=O) groups is 1. The Morgan fingerprint density at radius 3 is 2.12 bits per heavy atom. The lowest BCUT2D eigenvalue weighted by Crippen LogP contribution is -2.35. The summed E-state index contributed by atoms with van der Waals surface area (Å²) >= 11 is 2.13. The van der Waals surface area contributed by atoms with E-state index in [4.69, 9.17) is 4.98 Å². The smallest absolute Gasteiger partial charge is 0.252 e. The molecule has 0 spiro atoms. The Morgan fingerprint density at radius 2 is 1.55 bits per heavy atom. The molecule has 0 aliphatic heterocycles. The first-order valence-corrected chi connectivity index (χ1v) is 13.9. The lowest BCUT2D eigenvalue weighted by Gasteiger charge is -2.26. The summed E-state index contributed by atoms with van der Waals surface area (Å²) < 4.78 is 0.871. The zero-order valence-corrected chi connectivity index (χ0v) is 21.2. The number of unbranched alkanes of at least 4 members (excludes halogenated alkanes) is 1. The second-order valence-electron chi connectivity index (χ2n) is 7.60. The minimum Gasteiger partial charge on any atom is -0.352 e. The second-order valence-corrected chi connectivity index (χ2v) is 12.3. The van der Waals surface area contributed by atoms with E-state index in [-0.39, 0.29) is 5.91 Å². The number of hydrogen-bond donors (Lipinski definition) is 1. The molecule has 0 saturated heterocycles. The third-order valence-corrected chi connectivity index (χ3v) is 10.6. The van der Waals surface area contributed by atoms with E-state index < -0.39 is 7.26 Å². The number of carbonyl (C=O) groups excluding carboxylic acids is 1. The van der Waals surface area contributed by atoms with Gasteiger partial charge >= 0.3 is 0 Å². The summed E-state index contributed by atoms with van der Waals surface area (Å²) in [6.07, 6.45) is 7.92. The first-order chi connectivity index (χ1) is 16.2. The highest BCUT2D eigenvalue weighted by molar-refractivity contribution is 14.1. The topological polar surface area (TPSA) is 67.8 Å². The van der Waals surface area contributed by atoms with Crippen LogP contribution in [-0.4, -0.2) is 33.6 Å². The normalized spacial score (nSPS) is 11.2. The summed E-state index contributed by atoms with van der Waals surface area (Å²) in [5.41, 5.74) is 1.68. The minimum atomic E-state index is -1.96. The van der Waals surface area contributed by atoms with Gasteiger partial charge in [0.25, 0.3) is 5.91 Å². The van der Waals surface area contributed by atoms with Crippen molar-refractivity contribution < 1.29 is 4.79 Å². The van der Waals surface area contributed by atoms with Gasteiger partial charge in [0.05, 0.1) is 11.7 Å². The molecule has 4 aromatic rings. The SMILES string of the molecule is O=C(NCCCC[P+](c1ccccc1)(c1ccccc1)c1ccncn1)c1ccc([131I])nc1. The highest BCUT2D eigenvalue weighted by Gasteiger charge is 2.46. The van der Waals surface area contributed by atoms with E-state index >= 15 is 0 Å². The van der Waals surface area contributed by atoms with Crippen LogP contribution in [-0.2, 0) is 0 Å². The van der Waals surface area contributed by atoms with Crippen LogP contribution in [0.1, 0.15) is 23.2 Å². The summed E-state index contributed by atoms with van der Waals surface area (Å²) in [5.74, 6) is -0.0816. The number of nitrogens with zero attached hydrogens (tertiary/aromatic N) is 3. The Labute approximate surface area is 208 Å². The molecular weight excluding hydrogens is 546 g/mol. The number of amides is 1. The molecule has 0 bridgehead atoms. The molecule has 33 heavy (non-hydrogen) atoms. The number of aromatic nitrogens is 3. The van der Waals surface area contributed by atoms with Crippen LogP contribution in [0.25, 0.3) is 0 Å². The molecule has 166 valence electrons. The van der Waals surface area contributed by atoms with Gasteiger partial charge in [0, 0.05) is 25.0 Å². The van der Waals surface area contributed by atoms with Crippen LogP contribution in [0.15, 0.2) is 97.6 Å². The van der Waals surface area contributed by atoms with Gasteiger partial charge in [-0.05, 0) is 71.8 Å². The lowest BCUT2D eigenvalue weighted by molar-refractivity contribution is 0.0953. The average molecular weight is 571 g/mol. The van der Waals surface area contributed by atoms with Crippen LogP contribution in [0.5, 0.6) is 0 Å². The molecule has 7 heteroatoms. The minimum absolute atomic E-state index is 0.0816. The van der Waals surface area contributed by atoms with Gasteiger partial charge in [0.1, 0.15) is 27.9 Å². The van der Waals surface area contributed by atoms with Crippen molar-refractivity contribution in [1.29, 1.82) is 0 Å². The van der Waals surface area contributed by atoms with Crippen LogP contribution in [0.3, 0.4) is 0 Å². The van der Waals surface area contributed by atoms with Gasteiger partial charge in [0.2, 0.25) is 0 Å². The predicted molar refractivity (Wildman–Crippen MR) is 144 cm³/mol. The number of halogens is 1. The summed E-state index contributed by atoms with van der Waals surface area (Å²) in [5, 5.41) is 5.65. The highest BCUT2D eigenvalue weighted by atomic mass is 131. The van der Waals surface area contributed by atoms with Gasteiger partial charge in [-0.3, -0.25) is 4.79 Å². The third-order valence-electron chi connectivity index (χ3n) is 5.55. The third kappa shape index (κ3) is 5.63. The van der Waals surface area contributed by atoms with Crippen LogP contribution in [0.4, 0.5) is 0 Å². The molecule has 2 heterocycles. The van der Waals surface area contributed by atoms with Crippen molar-refractivity contribution >= 4 is 51.8 Å². The van der Waals surface area contributed by atoms with E-state index in [1.54, 1.807) is 18.6 Å². The quantitative estimate of drug-likeness (QED) is 0.143. The van der Waals surface area contributed by atoms with Gasteiger partial charge in [-0.15, -0.1) is 0 Å². The van der Waals surface area contributed by atoms with Crippen LogP contribution in [0.2, 0.25) is 0 Å². The van der Waals surface area contributed by atoms with Crippen molar-refractivity contribution in [2.75, 3.05) is 12.7 Å². The molecule has 0 aliphatic rings. The number of pyridine rings is 1. The summed E-state index contributed by atoms with van der Waals surface area (Å²) in [6, 6.07) is 27.1. The molecule has 0 radical (unpaired) electrons. The molecule has 0 aliphatic carbocycles. The van der Waals surface area contributed by atoms with Crippen molar-refractivity contribution in [2.24, 2.45) is 0 Å². The standard InChI is InChI=1S/C26H24IN4OP/c27-24-14-13-21(19-30-24)26(32)29-16-7-8-18-33(22-9-3-1-4-10-22,23-11-5-2-6-12-23)25-15-17-28-20-31-25/h1-6,9-15,17,19-20H,7-8,16,18H2/p+1/i27+4. The summed E-state index contributed by atoms with van der Waals surface area (Å²) in [6.45, 7) is 0.623. The maximum absolute atomic E-state index is 12.4. The fourth-order valence-corrected chi connectivity index (χ4v) is 8.47. The largest absolute Gasteiger partial charge is 0.352 e. The van der Waals surface area contributed by atoms with Crippen LogP contribution < -0.4 is 21.4 Å². The summed E-state index contributed by atoms with van der Waals surface area (Å²) in [4.78, 5) is 25.5. The Kier molecular flexibility index (Phi) is 8.13. The zero-order valence-electron chi connectivity index (χ0n) is 18.1. The first kappa shape index (κ1) is 23.5. The first-order valence-electron chi connectivity index (χ1n) is 10.9. The molecule has 0 saturated carbocycles. The van der Waals surface area contributed by atoms with Crippen molar-refractivity contribution in [3.05, 3.63) is 107 Å². The zero-order chi connectivity index (χ0) is 22.9. The molecule has 2 aromatic carbocycles. The number of rotatable bonds is 9. The fraction of sp³-hybridized carbons (Fsp3) is 0.154. The predicted octanol–water partition coefficient (Wildman–Crippen LogP) is 3.98. The molecule has 0 fully saturated rings. The van der Waals surface area contributed by atoms with Gasteiger partial charge in [-0.1, -0.05) is 36.4 Å². The van der Waals surface area contributed by atoms with Crippen LogP contribution >= 0.6 is 29.9 Å². The average Bonchev–Trinajstić information content (AvgIpc) is 2.88. The maximum atomic E-state index is 12.4. The van der Waals surface area contributed by atoms with E-state index in [1.165, 1.54) is 10.6 Å².